The average molecular weight is 256 g/mol. The Balaban J connectivity index is 1.80. The van der Waals surface area contributed by atoms with Crippen molar-refractivity contribution in [2.24, 2.45) is 0 Å². The Labute approximate surface area is 103 Å². The van der Waals surface area contributed by atoms with Gasteiger partial charge in [0.15, 0.2) is 6.33 Å². The van der Waals surface area contributed by atoms with E-state index in [0.29, 0.717) is 31.0 Å². The van der Waals surface area contributed by atoms with E-state index in [1.165, 1.54) is 12.4 Å². The van der Waals surface area contributed by atoms with E-state index in [1.54, 1.807) is 12.1 Å². The Hall–Kier alpha value is -1.46. The van der Waals surface area contributed by atoms with Crippen LogP contribution in [0.5, 0.6) is 0 Å². The van der Waals surface area contributed by atoms with Crippen LogP contribution < -0.4 is 5.32 Å². The molecule has 0 aliphatic rings. The minimum absolute atomic E-state index is 0.140. The molecular formula is C11H11ClFN3O. The van der Waals surface area contributed by atoms with Crippen molar-refractivity contribution in [1.82, 2.24) is 15.5 Å². The second-order valence-corrected chi connectivity index (χ2v) is 3.88. The van der Waals surface area contributed by atoms with E-state index in [-0.39, 0.29) is 10.8 Å². The lowest BCUT2D eigenvalue weighted by Crippen LogP contribution is -2.17. The maximum atomic E-state index is 13.5. The highest BCUT2D eigenvalue weighted by molar-refractivity contribution is 6.30. The summed E-state index contributed by atoms with van der Waals surface area (Å²) in [7, 11) is 0. The molecule has 0 aliphatic carbocycles. The van der Waals surface area contributed by atoms with Gasteiger partial charge in [0, 0.05) is 25.1 Å². The quantitative estimate of drug-likeness (QED) is 0.832. The maximum absolute atomic E-state index is 13.5. The maximum Gasteiger partial charge on any atom is 0.227 e. The minimum Gasteiger partial charge on any atom is -0.340 e. The molecule has 1 aromatic carbocycles. The molecule has 1 N–H and O–H groups in total. The van der Waals surface area contributed by atoms with Crippen molar-refractivity contribution >= 4 is 11.6 Å². The van der Waals surface area contributed by atoms with Crippen LogP contribution in [0, 0.1) is 5.82 Å². The first-order valence-electron chi connectivity index (χ1n) is 5.16. The summed E-state index contributed by atoms with van der Waals surface area (Å²) in [5, 5.41) is 6.72. The summed E-state index contributed by atoms with van der Waals surface area (Å²) in [6.07, 6.45) is 1.97. The molecule has 0 radical (unpaired) electrons. The SMILES string of the molecule is Fc1c(Cl)cccc1CNCCc1ncno1. The van der Waals surface area contributed by atoms with Gasteiger partial charge in [-0.3, -0.25) is 0 Å². The zero-order valence-electron chi connectivity index (χ0n) is 8.99. The van der Waals surface area contributed by atoms with Crippen molar-refractivity contribution in [3.63, 3.8) is 0 Å². The van der Waals surface area contributed by atoms with Crippen LogP contribution in [-0.4, -0.2) is 16.7 Å². The number of halogens is 2. The first-order valence-corrected chi connectivity index (χ1v) is 5.54. The van der Waals surface area contributed by atoms with Crippen molar-refractivity contribution in [2.75, 3.05) is 6.54 Å². The molecule has 4 nitrogen and oxygen atoms in total. The third kappa shape index (κ3) is 3.25. The number of rotatable bonds is 5. The number of hydrogen-bond acceptors (Lipinski definition) is 4. The molecule has 17 heavy (non-hydrogen) atoms. The molecule has 0 atom stereocenters. The molecule has 0 spiro atoms. The Morgan fingerprint density at radius 2 is 2.29 bits per heavy atom. The molecule has 2 rings (SSSR count). The lowest BCUT2D eigenvalue weighted by Gasteiger charge is -2.05. The lowest BCUT2D eigenvalue weighted by atomic mass is 10.2. The van der Waals surface area contributed by atoms with Crippen LogP contribution in [0.4, 0.5) is 4.39 Å². The minimum atomic E-state index is -0.376. The lowest BCUT2D eigenvalue weighted by molar-refractivity contribution is 0.374. The van der Waals surface area contributed by atoms with E-state index in [2.05, 4.69) is 15.5 Å². The third-order valence-corrected chi connectivity index (χ3v) is 2.56. The molecule has 90 valence electrons. The van der Waals surface area contributed by atoms with Gasteiger partial charge in [-0.05, 0) is 6.07 Å². The van der Waals surface area contributed by atoms with Crippen LogP contribution in [0.3, 0.4) is 0 Å². The van der Waals surface area contributed by atoms with Gasteiger partial charge < -0.3 is 9.84 Å². The van der Waals surface area contributed by atoms with E-state index < -0.39 is 0 Å². The molecule has 0 saturated carbocycles. The second-order valence-electron chi connectivity index (χ2n) is 3.47. The Morgan fingerprint density at radius 3 is 3.06 bits per heavy atom. The molecule has 1 aromatic heterocycles. The highest BCUT2D eigenvalue weighted by atomic mass is 35.5. The van der Waals surface area contributed by atoms with Gasteiger partial charge in [-0.1, -0.05) is 28.9 Å². The summed E-state index contributed by atoms with van der Waals surface area (Å²) in [5.74, 6) is 0.184. The van der Waals surface area contributed by atoms with Gasteiger partial charge in [0.25, 0.3) is 0 Å². The molecule has 0 fully saturated rings. The monoisotopic (exact) mass is 255 g/mol. The molecule has 0 bridgehead atoms. The Morgan fingerprint density at radius 1 is 1.41 bits per heavy atom. The van der Waals surface area contributed by atoms with Gasteiger partial charge in [-0.2, -0.15) is 4.98 Å². The van der Waals surface area contributed by atoms with Crippen LogP contribution in [0.25, 0.3) is 0 Å². The van der Waals surface area contributed by atoms with Crippen LogP contribution in [0.15, 0.2) is 29.0 Å². The average Bonchev–Trinajstić information content (AvgIpc) is 2.83. The third-order valence-electron chi connectivity index (χ3n) is 2.27. The highest BCUT2D eigenvalue weighted by Crippen LogP contribution is 2.17. The van der Waals surface area contributed by atoms with Gasteiger partial charge in [0.05, 0.1) is 5.02 Å². The fraction of sp³-hybridized carbons (Fsp3) is 0.273. The summed E-state index contributed by atoms with van der Waals surface area (Å²) in [6, 6.07) is 4.94. The van der Waals surface area contributed by atoms with Crippen molar-refractivity contribution in [3.05, 3.63) is 46.8 Å². The van der Waals surface area contributed by atoms with Gasteiger partial charge in [0.1, 0.15) is 5.82 Å². The van der Waals surface area contributed by atoms with E-state index in [1.807, 2.05) is 0 Å². The predicted octanol–water partition coefficient (Wildman–Crippen LogP) is 2.19. The Bertz CT molecular complexity index is 476. The molecule has 6 heteroatoms. The van der Waals surface area contributed by atoms with Crippen LogP contribution in [-0.2, 0) is 13.0 Å². The van der Waals surface area contributed by atoms with Crippen LogP contribution in [0.2, 0.25) is 5.02 Å². The molecule has 0 aliphatic heterocycles. The summed E-state index contributed by atoms with van der Waals surface area (Å²) in [6.45, 7) is 1.05. The largest absolute Gasteiger partial charge is 0.340 e. The molecule has 2 aromatic rings. The summed E-state index contributed by atoms with van der Waals surface area (Å²) < 4.78 is 18.3. The molecule has 0 unspecified atom stereocenters. The number of benzene rings is 1. The highest BCUT2D eigenvalue weighted by Gasteiger charge is 2.05. The van der Waals surface area contributed by atoms with E-state index in [4.69, 9.17) is 16.1 Å². The first-order chi connectivity index (χ1) is 8.27. The van der Waals surface area contributed by atoms with Crippen molar-refractivity contribution in [1.29, 1.82) is 0 Å². The van der Waals surface area contributed by atoms with Crippen molar-refractivity contribution in [3.8, 4) is 0 Å². The zero-order valence-corrected chi connectivity index (χ0v) is 9.75. The van der Waals surface area contributed by atoms with E-state index >= 15 is 0 Å². The topological polar surface area (TPSA) is 51.0 Å². The normalized spacial score (nSPS) is 10.7. The second kappa shape index (κ2) is 5.75. The van der Waals surface area contributed by atoms with Crippen molar-refractivity contribution in [2.45, 2.75) is 13.0 Å². The zero-order chi connectivity index (χ0) is 12.1. The summed E-state index contributed by atoms with van der Waals surface area (Å²) in [5.41, 5.74) is 0.544. The number of hydrogen-bond donors (Lipinski definition) is 1. The first kappa shape index (κ1) is 12.0. The van der Waals surface area contributed by atoms with E-state index in [9.17, 15) is 4.39 Å². The number of nitrogens with one attached hydrogen (secondary N) is 1. The summed E-state index contributed by atoms with van der Waals surface area (Å²) >= 11 is 5.67. The van der Waals surface area contributed by atoms with Gasteiger partial charge in [0.2, 0.25) is 5.89 Å². The van der Waals surface area contributed by atoms with Gasteiger partial charge in [-0.15, -0.1) is 0 Å². The fourth-order valence-corrected chi connectivity index (χ4v) is 1.60. The molecule has 0 saturated heterocycles. The summed E-state index contributed by atoms with van der Waals surface area (Å²) in [4.78, 5) is 3.88. The van der Waals surface area contributed by atoms with Crippen LogP contribution >= 0.6 is 11.6 Å². The van der Waals surface area contributed by atoms with Crippen molar-refractivity contribution < 1.29 is 8.91 Å². The predicted molar refractivity (Wildman–Crippen MR) is 61.1 cm³/mol. The molecule has 0 amide bonds. The smallest absolute Gasteiger partial charge is 0.227 e. The van der Waals surface area contributed by atoms with Gasteiger partial charge >= 0.3 is 0 Å². The molecular weight excluding hydrogens is 245 g/mol. The standard InChI is InChI=1S/C11H11ClFN3O/c12-9-3-1-2-8(11(9)13)6-14-5-4-10-15-7-16-17-10/h1-3,7,14H,4-6H2. The number of nitrogens with zero attached hydrogens (tertiary/aromatic N) is 2. The van der Waals surface area contributed by atoms with Crippen LogP contribution in [0.1, 0.15) is 11.5 Å². The Kier molecular flexibility index (Phi) is 4.06. The number of aromatic nitrogens is 2. The fourth-order valence-electron chi connectivity index (χ4n) is 1.41. The van der Waals surface area contributed by atoms with E-state index in [0.717, 1.165) is 0 Å². The van der Waals surface area contributed by atoms with Gasteiger partial charge in [-0.25, -0.2) is 4.39 Å². The molecule has 1 heterocycles.